The quantitative estimate of drug-likeness (QED) is 0.813. The third-order valence-corrected chi connectivity index (χ3v) is 6.87. The van der Waals surface area contributed by atoms with Gasteiger partial charge < -0.3 is 4.52 Å². The molecule has 3 heterocycles. The van der Waals surface area contributed by atoms with E-state index >= 15 is 0 Å². The van der Waals surface area contributed by atoms with Crippen LogP contribution < -0.4 is 0 Å². The van der Waals surface area contributed by atoms with Gasteiger partial charge in [-0.3, -0.25) is 4.90 Å². The van der Waals surface area contributed by atoms with Gasteiger partial charge in [0.05, 0.1) is 16.7 Å². The molecule has 0 spiro atoms. The first kappa shape index (κ1) is 16.6. The fourth-order valence-electron chi connectivity index (χ4n) is 2.62. The molecule has 0 amide bonds. The van der Waals surface area contributed by atoms with E-state index in [4.69, 9.17) is 4.52 Å². The SMILES string of the molecule is CCS(=O)(=O)N1CCN(C(C)c2nc(-c3cccs3)no2)CC1. The van der Waals surface area contributed by atoms with Crippen LogP contribution in [-0.4, -0.2) is 59.7 Å². The summed E-state index contributed by atoms with van der Waals surface area (Å²) in [5.74, 6) is 1.32. The van der Waals surface area contributed by atoms with E-state index in [-0.39, 0.29) is 11.8 Å². The Kier molecular flexibility index (Phi) is 4.81. The molecule has 0 saturated carbocycles. The molecule has 23 heavy (non-hydrogen) atoms. The highest BCUT2D eigenvalue weighted by Gasteiger charge is 2.30. The maximum atomic E-state index is 11.9. The summed E-state index contributed by atoms with van der Waals surface area (Å²) >= 11 is 1.57. The Bertz CT molecular complexity index is 734. The second-order valence-corrected chi connectivity index (χ2v) is 8.65. The molecule has 0 aromatic carbocycles. The summed E-state index contributed by atoms with van der Waals surface area (Å²) in [6.07, 6.45) is 0. The van der Waals surface area contributed by atoms with E-state index in [1.165, 1.54) is 0 Å². The first-order chi connectivity index (χ1) is 11.0. The fraction of sp³-hybridized carbons (Fsp3) is 0.571. The van der Waals surface area contributed by atoms with Crippen LogP contribution in [0.4, 0.5) is 0 Å². The van der Waals surface area contributed by atoms with Crippen LogP contribution in [0, 0.1) is 0 Å². The molecule has 9 heteroatoms. The minimum atomic E-state index is -3.10. The van der Waals surface area contributed by atoms with Crippen LogP contribution in [0.25, 0.3) is 10.7 Å². The molecular formula is C14H20N4O3S2. The zero-order valence-electron chi connectivity index (χ0n) is 13.2. The summed E-state index contributed by atoms with van der Waals surface area (Å²) in [5.41, 5.74) is 0. The molecule has 0 radical (unpaired) electrons. The minimum Gasteiger partial charge on any atom is -0.337 e. The zero-order chi connectivity index (χ0) is 16.4. The number of nitrogens with zero attached hydrogens (tertiary/aromatic N) is 4. The monoisotopic (exact) mass is 356 g/mol. The number of rotatable bonds is 5. The second-order valence-electron chi connectivity index (χ2n) is 5.45. The van der Waals surface area contributed by atoms with Gasteiger partial charge in [-0.1, -0.05) is 11.2 Å². The number of hydrogen-bond donors (Lipinski definition) is 0. The second kappa shape index (κ2) is 6.68. The van der Waals surface area contributed by atoms with Crippen LogP contribution >= 0.6 is 11.3 Å². The van der Waals surface area contributed by atoms with Gasteiger partial charge >= 0.3 is 0 Å². The Morgan fingerprint density at radius 2 is 2.09 bits per heavy atom. The molecule has 1 fully saturated rings. The van der Waals surface area contributed by atoms with Crippen LogP contribution in [-0.2, 0) is 10.0 Å². The van der Waals surface area contributed by atoms with Gasteiger partial charge in [0.25, 0.3) is 0 Å². The fourth-order valence-corrected chi connectivity index (χ4v) is 4.35. The van der Waals surface area contributed by atoms with Gasteiger partial charge in [-0.2, -0.15) is 9.29 Å². The summed E-state index contributed by atoms with van der Waals surface area (Å²) in [4.78, 5) is 7.62. The van der Waals surface area contributed by atoms with Crippen molar-refractivity contribution >= 4 is 21.4 Å². The van der Waals surface area contributed by atoms with Crippen molar-refractivity contribution in [1.82, 2.24) is 19.3 Å². The average molecular weight is 356 g/mol. The topological polar surface area (TPSA) is 79.5 Å². The van der Waals surface area contributed by atoms with Crippen LogP contribution in [0.5, 0.6) is 0 Å². The summed E-state index contributed by atoms with van der Waals surface area (Å²) in [6.45, 7) is 6.03. The maximum absolute atomic E-state index is 11.9. The van der Waals surface area contributed by atoms with Crippen molar-refractivity contribution in [1.29, 1.82) is 0 Å². The Balaban J connectivity index is 1.65. The van der Waals surface area contributed by atoms with Crippen molar-refractivity contribution in [2.24, 2.45) is 0 Å². The van der Waals surface area contributed by atoms with E-state index in [1.54, 1.807) is 22.6 Å². The predicted molar refractivity (Wildman–Crippen MR) is 88.6 cm³/mol. The van der Waals surface area contributed by atoms with Gasteiger partial charge in [0.1, 0.15) is 0 Å². The lowest BCUT2D eigenvalue weighted by molar-refractivity contribution is 0.124. The molecule has 2 aromatic rings. The van der Waals surface area contributed by atoms with Crippen LogP contribution in [0.3, 0.4) is 0 Å². The van der Waals surface area contributed by atoms with E-state index in [9.17, 15) is 8.42 Å². The van der Waals surface area contributed by atoms with E-state index in [0.29, 0.717) is 37.9 Å². The van der Waals surface area contributed by atoms with Crippen molar-refractivity contribution in [3.05, 3.63) is 23.4 Å². The van der Waals surface area contributed by atoms with Crippen LogP contribution in [0.15, 0.2) is 22.0 Å². The Morgan fingerprint density at radius 3 is 2.70 bits per heavy atom. The Labute approximate surface area is 140 Å². The van der Waals surface area contributed by atoms with Gasteiger partial charge in [-0.05, 0) is 25.3 Å². The molecule has 2 aromatic heterocycles. The number of hydrogen-bond acceptors (Lipinski definition) is 7. The average Bonchev–Trinajstić information content (AvgIpc) is 3.25. The molecule has 1 aliphatic heterocycles. The number of thiophene rings is 1. The Hall–Kier alpha value is -1.29. The van der Waals surface area contributed by atoms with Crippen molar-refractivity contribution in [2.45, 2.75) is 19.9 Å². The normalized spacial score (nSPS) is 19.0. The number of aromatic nitrogens is 2. The van der Waals surface area contributed by atoms with Crippen LogP contribution in [0.1, 0.15) is 25.8 Å². The van der Waals surface area contributed by atoms with Gasteiger partial charge in [0.2, 0.25) is 21.7 Å². The molecule has 126 valence electrons. The molecule has 1 saturated heterocycles. The highest BCUT2D eigenvalue weighted by molar-refractivity contribution is 7.89. The summed E-state index contributed by atoms with van der Waals surface area (Å²) in [6, 6.07) is 3.88. The van der Waals surface area contributed by atoms with E-state index in [2.05, 4.69) is 15.0 Å². The van der Waals surface area contributed by atoms with Crippen molar-refractivity contribution in [2.75, 3.05) is 31.9 Å². The van der Waals surface area contributed by atoms with Crippen molar-refractivity contribution in [3.63, 3.8) is 0 Å². The van der Waals surface area contributed by atoms with Gasteiger partial charge in [0, 0.05) is 26.2 Å². The van der Waals surface area contributed by atoms with E-state index < -0.39 is 10.0 Å². The summed E-state index contributed by atoms with van der Waals surface area (Å²) < 4.78 is 30.8. The molecule has 1 atom stereocenters. The molecule has 0 N–H and O–H groups in total. The Morgan fingerprint density at radius 1 is 1.35 bits per heavy atom. The first-order valence-electron chi connectivity index (χ1n) is 7.60. The maximum Gasteiger partial charge on any atom is 0.244 e. The van der Waals surface area contributed by atoms with E-state index in [1.807, 2.05) is 24.4 Å². The van der Waals surface area contributed by atoms with Gasteiger partial charge in [-0.25, -0.2) is 8.42 Å². The zero-order valence-corrected chi connectivity index (χ0v) is 14.8. The molecular weight excluding hydrogens is 336 g/mol. The largest absolute Gasteiger partial charge is 0.337 e. The van der Waals surface area contributed by atoms with Crippen molar-refractivity contribution in [3.8, 4) is 10.7 Å². The highest BCUT2D eigenvalue weighted by Crippen LogP contribution is 2.26. The summed E-state index contributed by atoms with van der Waals surface area (Å²) in [7, 11) is -3.10. The third kappa shape index (κ3) is 3.47. The molecule has 3 rings (SSSR count). The van der Waals surface area contributed by atoms with Crippen LogP contribution in [0.2, 0.25) is 0 Å². The molecule has 0 bridgehead atoms. The molecule has 1 aliphatic rings. The van der Waals surface area contributed by atoms with Gasteiger partial charge in [-0.15, -0.1) is 11.3 Å². The smallest absolute Gasteiger partial charge is 0.244 e. The summed E-state index contributed by atoms with van der Waals surface area (Å²) in [5, 5.41) is 6.01. The molecule has 7 nitrogen and oxygen atoms in total. The van der Waals surface area contributed by atoms with Gasteiger partial charge in [0.15, 0.2) is 0 Å². The first-order valence-corrected chi connectivity index (χ1v) is 10.1. The lowest BCUT2D eigenvalue weighted by atomic mass is 10.2. The van der Waals surface area contributed by atoms with E-state index in [0.717, 1.165) is 4.88 Å². The lowest BCUT2D eigenvalue weighted by Crippen LogP contribution is -2.49. The standard InChI is InChI=1S/C14H20N4O3S2/c1-3-23(19,20)18-8-6-17(7-9-18)11(2)14-15-13(16-21-14)12-5-4-10-22-12/h4-5,10-11H,3,6-9H2,1-2H3. The highest BCUT2D eigenvalue weighted by atomic mass is 32.2. The molecule has 1 unspecified atom stereocenters. The number of piperazine rings is 1. The van der Waals surface area contributed by atoms with Crippen molar-refractivity contribution < 1.29 is 12.9 Å². The third-order valence-electron chi connectivity index (χ3n) is 4.12. The lowest BCUT2D eigenvalue weighted by Gasteiger charge is -2.35. The number of sulfonamides is 1. The minimum absolute atomic E-state index is 0.0253. The predicted octanol–water partition coefficient (Wildman–Crippen LogP) is 1.83. The molecule has 0 aliphatic carbocycles.